The second-order valence-corrected chi connectivity index (χ2v) is 5.37. The van der Waals surface area contributed by atoms with Crippen LogP contribution in [0.2, 0.25) is 0 Å². The molecule has 15 heavy (non-hydrogen) atoms. The summed E-state index contributed by atoms with van der Waals surface area (Å²) in [6, 6.07) is 0.509. The average molecular weight is 229 g/mol. The molecule has 0 saturated carbocycles. The van der Waals surface area contributed by atoms with E-state index in [9.17, 15) is 4.21 Å². The van der Waals surface area contributed by atoms with Crippen LogP contribution in [0.25, 0.3) is 0 Å². The minimum Gasteiger partial charge on any atom is -0.343 e. The lowest BCUT2D eigenvalue weighted by molar-refractivity contribution is 0.407. The minimum absolute atomic E-state index is 0.509. The Bertz CT molecular complexity index is 305. The summed E-state index contributed by atoms with van der Waals surface area (Å²) in [5.41, 5.74) is 0. The number of nitrogens with one attached hydrogen (secondary N) is 1. The van der Waals surface area contributed by atoms with Gasteiger partial charge < -0.3 is 9.84 Å². The van der Waals surface area contributed by atoms with E-state index in [1.807, 2.05) is 0 Å². The largest absolute Gasteiger partial charge is 0.343 e. The van der Waals surface area contributed by atoms with E-state index >= 15 is 0 Å². The molecule has 2 rings (SSSR count). The Labute approximate surface area is 91.1 Å². The van der Waals surface area contributed by atoms with Crippen molar-refractivity contribution in [2.75, 3.05) is 18.1 Å². The smallest absolute Gasteiger partial charge is 0.213 e. The summed E-state index contributed by atoms with van der Waals surface area (Å²) in [6.07, 6.45) is 4.16. The highest BCUT2D eigenvalue weighted by molar-refractivity contribution is 7.85. The molecule has 84 valence electrons. The molecule has 1 saturated heterocycles. The van der Waals surface area contributed by atoms with E-state index in [-0.39, 0.29) is 0 Å². The third-order valence-electron chi connectivity index (χ3n) is 2.58. The van der Waals surface area contributed by atoms with E-state index in [0.29, 0.717) is 6.04 Å². The van der Waals surface area contributed by atoms with Crippen LogP contribution in [-0.2, 0) is 17.2 Å². The van der Waals surface area contributed by atoms with Gasteiger partial charge in [0, 0.05) is 41.3 Å². The molecule has 0 amide bonds. The molecule has 1 fully saturated rings. The third-order valence-corrected chi connectivity index (χ3v) is 3.96. The van der Waals surface area contributed by atoms with Gasteiger partial charge in [0.05, 0.1) is 0 Å². The van der Waals surface area contributed by atoms with Crippen molar-refractivity contribution in [2.45, 2.75) is 25.3 Å². The molecule has 0 aromatic carbocycles. The van der Waals surface area contributed by atoms with Gasteiger partial charge in [-0.05, 0) is 12.8 Å². The van der Waals surface area contributed by atoms with E-state index in [0.717, 1.165) is 43.1 Å². The van der Waals surface area contributed by atoms with Gasteiger partial charge in [-0.1, -0.05) is 5.16 Å². The van der Waals surface area contributed by atoms with Crippen LogP contribution in [0.4, 0.5) is 0 Å². The van der Waals surface area contributed by atoms with Gasteiger partial charge >= 0.3 is 0 Å². The fourth-order valence-electron chi connectivity index (χ4n) is 1.69. The van der Waals surface area contributed by atoms with Crippen molar-refractivity contribution in [2.24, 2.45) is 0 Å². The van der Waals surface area contributed by atoms with Crippen molar-refractivity contribution >= 4 is 10.8 Å². The summed E-state index contributed by atoms with van der Waals surface area (Å²) >= 11 is 0. The predicted octanol–water partition coefficient (Wildman–Crippen LogP) is 0.113. The van der Waals surface area contributed by atoms with Crippen LogP contribution in [0.15, 0.2) is 10.9 Å². The molecule has 0 radical (unpaired) electrons. The number of nitrogens with zero attached hydrogens (tertiary/aromatic N) is 2. The molecule has 2 heterocycles. The monoisotopic (exact) mass is 229 g/mol. The molecule has 0 atom stereocenters. The minimum atomic E-state index is -0.576. The molecule has 5 nitrogen and oxygen atoms in total. The Morgan fingerprint density at radius 3 is 3.00 bits per heavy atom. The topological polar surface area (TPSA) is 68.0 Å². The van der Waals surface area contributed by atoms with Crippen LogP contribution in [0.5, 0.6) is 0 Å². The van der Waals surface area contributed by atoms with Crippen LogP contribution in [-0.4, -0.2) is 38.4 Å². The summed E-state index contributed by atoms with van der Waals surface area (Å²) in [4.78, 5) is 3.94. The zero-order chi connectivity index (χ0) is 10.5. The lowest BCUT2D eigenvalue weighted by Gasteiger charge is -2.22. The van der Waals surface area contributed by atoms with Gasteiger partial charge in [-0.15, -0.1) is 0 Å². The van der Waals surface area contributed by atoms with Gasteiger partial charge in [0.25, 0.3) is 0 Å². The molecular weight excluding hydrogens is 214 g/mol. The van der Waals surface area contributed by atoms with Crippen LogP contribution >= 0.6 is 0 Å². The first-order valence-electron chi connectivity index (χ1n) is 5.18. The standard InChI is InChI=1S/C9H15N3O2S/c13-15-5-2-8(3-6-15)10-4-1-9-11-7-14-12-9/h7-8,10H,1-6H2. The molecule has 6 heteroatoms. The predicted molar refractivity (Wildman–Crippen MR) is 56.9 cm³/mol. The van der Waals surface area contributed by atoms with Crippen LogP contribution in [0.1, 0.15) is 18.7 Å². The molecule has 0 bridgehead atoms. The van der Waals surface area contributed by atoms with Gasteiger partial charge in [0.2, 0.25) is 6.39 Å². The molecular formula is C9H15N3O2S. The molecule has 0 unspecified atom stereocenters. The normalized spacial score (nSPS) is 26.7. The van der Waals surface area contributed by atoms with E-state index in [1.165, 1.54) is 6.39 Å². The van der Waals surface area contributed by atoms with Crippen molar-refractivity contribution < 1.29 is 8.73 Å². The first-order chi connectivity index (χ1) is 7.34. The van der Waals surface area contributed by atoms with Gasteiger partial charge in [0.15, 0.2) is 5.82 Å². The molecule has 1 aromatic rings. The summed E-state index contributed by atoms with van der Waals surface area (Å²) < 4.78 is 15.8. The first-order valence-corrected chi connectivity index (χ1v) is 6.67. The molecule has 1 N–H and O–H groups in total. The fourth-order valence-corrected chi connectivity index (χ4v) is 2.99. The van der Waals surface area contributed by atoms with Crippen LogP contribution in [0, 0.1) is 0 Å². The Morgan fingerprint density at radius 2 is 2.33 bits per heavy atom. The van der Waals surface area contributed by atoms with Gasteiger partial charge in [-0.2, -0.15) is 4.98 Å². The zero-order valence-corrected chi connectivity index (χ0v) is 9.33. The third kappa shape index (κ3) is 3.39. The number of aromatic nitrogens is 2. The fraction of sp³-hybridized carbons (Fsp3) is 0.778. The number of rotatable bonds is 4. The summed E-state index contributed by atoms with van der Waals surface area (Å²) in [7, 11) is -0.576. The van der Waals surface area contributed by atoms with E-state index in [4.69, 9.17) is 0 Å². The van der Waals surface area contributed by atoms with Gasteiger partial charge in [-0.25, -0.2) is 0 Å². The summed E-state index contributed by atoms with van der Waals surface area (Å²) in [5, 5.41) is 7.16. The van der Waals surface area contributed by atoms with Crippen LogP contribution in [0.3, 0.4) is 0 Å². The SMILES string of the molecule is O=S1CCC(NCCc2ncon2)CC1. The summed E-state index contributed by atoms with van der Waals surface area (Å²) in [6.45, 7) is 0.858. The Morgan fingerprint density at radius 1 is 1.53 bits per heavy atom. The van der Waals surface area contributed by atoms with Crippen molar-refractivity contribution in [3.8, 4) is 0 Å². The summed E-state index contributed by atoms with van der Waals surface area (Å²) in [5.74, 6) is 2.40. The first kappa shape index (κ1) is 10.8. The van der Waals surface area contributed by atoms with E-state index in [2.05, 4.69) is 20.0 Å². The molecule has 1 aliphatic heterocycles. The average Bonchev–Trinajstić information content (AvgIpc) is 2.74. The van der Waals surface area contributed by atoms with Crippen molar-refractivity contribution in [3.63, 3.8) is 0 Å². The maximum atomic E-state index is 11.1. The highest BCUT2D eigenvalue weighted by Crippen LogP contribution is 2.08. The zero-order valence-electron chi connectivity index (χ0n) is 8.52. The lowest BCUT2D eigenvalue weighted by Crippen LogP contribution is -2.36. The lowest BCUT2D eigenvalue weighted by atomic mass is 10.1. The van der Waals surface area contributed by atoms with E-state index < -0.39 is 10.8 Å². The Hall–Kier alpha value is -0.750. The van der Waals surface area contributed by atoms with E-state index in [1.54, 1.807) is 0 Å². The Balaban J connectivity index is 1.64. The molecule has 0 aliphatic carbocycles. The molecule has 0 spiro atoms. The number of hydrogen-bond donors (Lipinski definition) is 1. The Kier molecular flexibility index (Phi) is 3.85. The van der Waals surface area contributed by atoms with Gasteiger partial charge in [0.1, 0.15) is 0 Å². The molecule has 1 aliphatic rings. The quantitative estimate of drug-likeness (QED) is 0.794. The molecule has 1 aromatic heterocycles. The van der Waals surface area contributed by atoms with Crippen molar-refractivity contribution in [1.29, 1.82) is 0 Å². The highest BCUT2D eigenvalue weighted by atomic mass is 32.2. The maximum absolute atomic E-state index is 11.1. The maximum Gasteiger partial charge on any atom is 0.213 e. The van der Waals surface area contributed by atoms with Crippen molar-refractivity contribution in [3.05, 3.63) is 12.2 Å². The number of hydrogen-bond acceptors (Lipinski definition) is 5. The highest BCUT2D eigenvalue weighted by Gasteiger charge is 2.16. The second-order valence-electron chi connectivity index (χ2n) is 3.67. The van der Waals surface area contributed by atoms with Crippen molar-refractivity contribution in [1.82, 2.24) is 15.5 Å². The second kappa shape index (κ2) is 5.37. The van der Waals surface area contributed by atoms with Gasteiger partial charge in [-0.3, -0.25) is 4.21 Å². The van der Waals surface area contributed by atoms with Crippen LogP contribution < -0.4 is 5.32 Å².